The lowest BCUT2D eigenvalue weighted by Crippen LogP contribution is -2.05. The minimum atomic E-state index is -2.80. The van der Waals surface area contributed by atoms with Crippen LogP contribution in [0.15, 0.2) is 35.1 Å². The maximum Gasteiger partial charge on any atom is 0.315 e. The lowest BCUT2D eigenvalue weighted by Gasteiger charge is -2.10. The van der Waals surface area contributed by atoms with Crippen molar-refractivity contribution in [2.75, 3.05) is 6.61 Å². The number of ketones is 1. The fraction of sp³-hybridized carbons (Fsp3) is 0.368. The second-order valence-electron chi connectivity index (χ2n) is 6.75. The van der Waals surface area contributed by atoms with Gasteiger partial charge in [-0.15, -0.1) is 0 Å². The Balaban J connectivity index is 1.49. The molecule has 7 nitrogen and oxygen atoms in total. The number of hydrogen-bond acceptors (Lipinski definition) is 6. The minimum Gasteiger partial charge on any atom is -0.394 e. The Labute approximate surface area is 159 Å². The number of carbonyl (C=O) groups is 1. The molecule has 0 aliphatic heterocycles. The molecule has 2 aromatic heterocycles. The Kier molecular flexibility index (Phi) is 4.99. The Morgan fingerprint density at radius 2 is 2.25 bits per heavy atom. The van der Waals surface area contributed by atoms with Gasteiger partial charge in [0.25, 0.3) is 5.89 Å². The first-order chi connectivity index (χ1) is 13.5. The number of Topliss-reactive ketones (excluding diaryl/α,β-unsaturated/α-hetero) is 1. The minimum absolute atomic E-state index is 0.00543. The molecule has 4 rings (SSSR count). The molecule has 0 bridgehead atoms. The van der Waals surface area contributed by atoms with Crippen LogP contribution in [0.2, 0.25) is 0 Å². The van der Waals surface area contributed by atoms with Crippen molar-refractivity contribution in [3.05, 3.63) is 53.2 Å². The maximum atomic E-state index is 12.6. The molecule has 1 aliphatic rings. The average molecular weight is 388 g/mol. The highest BCUT2D eigenvalue weighted by Crippen LogP contribution is 2.38. The number of hydrogen-bond donors (Lipinski definition) is 1. The van der Waals surface area contributed by atoms with Crippen molar-refractivity contribution in [3.8, 4) is 11.4 Å². The van der Waals surface area contributed by atoms with Gasteiger partial charge in [0, 0.05) is 18.2 Å². The molecule has 0 saturated heterocycles. The van der Waals surface area contributed by atoms with Gasteiger partial charge in [0.1, 0.15) is 0 Å². The van der Waals surface area contributed by atoms with Crippen LogP contribution in [-0.4, -0.2) is 37.4 Å². The number of halogens is 2. The highest BCUT2D eigenvalue weighted by Gasteiger charge is 2.27. The molecule has 3 aromatic rings. The SMILES string of the molecule is O=C(C[C@@H]1CCc2cc(-c3noc(C(F)F)n3)ccc21)c1cnn(CCO)c1. The molecule has 1 aliphatic carbocycles. The number of alkyl halides is 2. The molecule has 0 spiro atoms. The molecule has 0 amide bonds. The van der Waals surface area contributed by atoms with Crippen molar-refractivity contribution in [2.24, 2.45) is 0 Å². The van der Waals surface area contributed by atoms with E-state index in [1.54, 1.807) is 16.9 Å². The van der Waals surface area contributed by atoms with E-state index in [-0.39, 0.29) is 24.1 Å². The number of aliphatic hydroxyl groups is 1. The first kappa shape index (κ1) is 18.4. The summed E-state index contributed by atoms with van der Waals surface area (Å²) in [5.41, 5.74) is 3.30. The third-order valence-corrected chi connectivity index (χ3v) is 4.95. The highest BCUT2D eigenvalue weighted by atomic mass is 19.3. The smallest absolute Gasteiger partial charge is 0.315 e. The zero-order chi connectivity index (χ0) is 19.7. The average Bonchev–Trinajstić information content (AvgIpc) is 3.41. The van der Waals surface area contributed by atoms with Gasteiger partial charge in [0.15, 0.2) is 5.78 Å². The van der Waals surface area contributed by atoms with Crippen molar-refractivity contribution >= 4 is 5.78 Å². The van der Waals surface area contributed by atoms with E-state index in [1.165, 1.54) is 6.20 Å². The molecule has 9 heteroatoms. The van der Waals surface area contributed by atoms with Crippen LogP contribution < -0.4 is 0 Å². The molecule has 0 fully saturated rings. The van der Waals surface area contributed by atoms with Gasteiger partial charge >= 0.3 is 6.43 Å². The van der Waals surface area contributed by atoms with E-state index in [9.17, 15) is 13.6 Å². The van der Waals surface area contributed by atoms with Gasteiger partial charge in [-0.2, -0.15) is 18.9 Å². The molecule has 1 aromatic carbocycles. The Bertz CT molecular complexity index is 999. The number of benzene rings is 1. The van der Waals surface area contributed by atoms with Crippen molar-refractivity contribution in [3.63, 3.8) is 0 Å². The summed E-state index contributed by atoms with van der Waals surface area (Å²) >= 11 is 0. The van der Waals surface area contributed by atoms with Crippen LogP contribution in [-0.2, 0) is 13.0 Å². The summed E-state index contributed by atoms with van der Waals surface area (Å²) in [6.45, 7) is 0.318. The van der Waals surface area contributed by atoms with Gasteiger partial charge in [-0.3, -0.25) is 9.48 Å². The molecule has 2 heterocycles. The summed E-state index contributed by atoms with van der Waals surface area (Å²) in [5, 5.41) is 16.6. The summed E-state index contributed by atoms with van der Waals surface area (Å²) in [4.78, 5) is 16.3. The molecular formula is C19H18F2N4O3. The molecule has 146 valence electrons. The van der Waals surface area contributed by atoms with Crippen molar-refractivity contribution in [1.29, 1.82) is 0 Å². The largest absolute Gasteiger partial charge is 0.394 e. The number of nitrogens with zero attached hydrogens (tertiary/aromatic N) is 4. The number of aryl methyl sites for hydroxylation is 1. The molecule has 0 saturated carbocycles. The highest BCUT2D eigenvalue weighted by molar-refractivity contribution is 5.96. The monoisotopic (exact) mass is 388 g/mol. The summed E-state index contributed by atoms with van der Waals surface area (Å²) < 4.78 is 31.4. The zero-order valence-corrected chi connectivity index (χ0v) is 14.9. The molecule has 1 atom stereocenters. The molecule has 0 radical (unpaired) electrons. The third kappa shape index (κ3) is 3.57. The van der Waals surface area contributed by atoms with Crippen molar-refractivity contribution in [1.82, 2.24) is 19.9 Å². The van der Waals surface area contributed by atoms with E-state index in [2.05, 4.69) is 19.8 Å². The number of aromatic nitrogens is 4. The predicted molar refractivity (Wildman–Crippen MR) is 94.0 cm³/mol. The van der Waals surface area contributed by atoms with E-state index >= 15 is 0 Å². The van der Waals surface area contributed by atoms with Crippen LogP contribution in [0.1, 0.15) is 52.6 Å². The summed E-state index contributed by atoms with van der Waals surface area (Å²) in [5.74, 6) is -0.458. The summed E-state index contributed by atoms with van der Waals surface area (Å²) in [6.07, 6.45) is 2.37. The van der Waals surface area contributed by atoms with E-state index in [0.717, 1.165) is 24.0 Å². The first-order valence-corrected chi connectivity index (χ1v) is 8.96. The van der Waals surface area contributed by atoms with Crippen LogP contribution in [0.25, 0.3) is 11.4 Å². The van der Waals surface area contributed by atoms with E-state index < -0.39 is 12.3 Å². The van der Waals surface area contributed by atoms with Crippen molar-refractivity contribution in [2.45, 2.75) is 38.2 Å². The summed E-state index contributed by atoms with van der Waals surface area (Å²) in [6, 6.07) is 5.55. The topological polar surface area (TPSA) is 94.0 Å². The molecular weight excluding hydrogens is 370 g/mol. The number of carbonyl (C=O) groups excluding carboxylic acids is 1. The van der Waals surface area contributed by atoms with Gasteiger partial charge in [0.2, 0.25) is 5.82 Å². The standard InChI is InChI=1S/C19H18F2N4O3/c20-17(21)19-23-18(24-28-19)13-3-4-15-11(7-13)1-2-12(15)8-16(27)14-9-22-25(10-14)5-6-26/h3-4,7,9-10,12,17,26H,1-2,5-6,8H2/t12-/m0/s1. The summed E-state index contributed by atoms with van der Waals surface area (Å²) in [7, 11) is 0. The van der Waals surface area contributed by atoms with E-state index in [0.29, 0.717) is 24.1 Å². The number of rotatable bonds is 7. The second-order valence-corrected chi connectivity index (χ2v) is 6.75. The molecule has 1 N–H and O–H groups in total. The van der Waals surface area contributed by atoms with E-state index in [4.69, 9.17) is 5.11 Å². The maximum absolute atomic E-state index is 12.6. The van der Waals surface area contributed by atoms with E-state index in [1.807, 2.05) is 12.1 Å². The van der Waals surface area contributed by atoms with Crippen LogP contribution >= 0.6 is 0 Å². The van der Waals surface area contributed by atoms with Crippen LogP contribution in [0.5, 0.6) is 0 Å². The second kappa shape index (κ2) is 7.59. The quantitative estimate of drug-likeness (QED) is 0.625. The normalized spacial score (nSPS) is 15.9. The van der Waals surface area contributed by atoms with Crippen LogP contribution in [0, 0.1) is 0 Å². The van der Waals surface area contributed by atoms with Gasteiger partial charge in [-0.05, 0) is 36.0 Å². The van der Waals surface area contributed by atoms with Crippen LogP contribution in [0.3, 0.4) is 0 Å². The first-order valence-electron chi connectivity index (χ1n) is 8.96. The number of aliphatic hydroxyl groups excluding tert-OH is 1. The van der Waals surface area contributed by atoms with Gasteiger partial charge in [0.05, 0.1) is 24.9 Å². The van der Waals surface area contributed by atoms with Crippen molar-refractivity contribution < 1.29 is 23.2 Å². The van der Waals surface area contributed by atoms with Gasteiger partial charge in [-0.1, -0.05) is 17.3 Å². The van der Waals surface area contributed by atoms with Gasteiger partial charge in [-0.25, -0.2) is 0 Å². The van der Waals surface area contributed by atoms with Crippen LogP contribution in [0.4, 0.5) is 8.78 Å². The molecule has 0 unspecified atom stereocenters. The molecule has 28 heavy (non-hydrogen) atoms. The third-order valence-electron chi connectivity index (χ3n) is 4.95. The lowest BCUT2D eigenvalue weighted by atomic mass is 9.93. The zero-order valence-electron chi connectivity index (χ0n) is 14.9. The fourth-order valence-corrected chi connectivity index (χ4v) is 3.57. The number of fused-ring (bicyclic) bond motifs is 1. The lowest BCUT2D eigenvalue weighted by molar-refractivity contribution is 0.0973. The fourth-order valence-electron chi connectivity index (χ4n) is 3.57. The van der Waals surface area contributed by atoms with Gasteiger partial charge < -0.3 is 9.63 Å². The Hall–Kier alpha value is -2.94. The predicted octanol–water partition coefficient (Wildman–Crippen LogP) is 3.17. The Morgan fingerprint density at radius 1 is 1.39 bits per heavy atom. The Morgan fingerprint density at radius 3 is 3.00 bits per heavy atom.